The van der Waals surface area contributed by atoms with Gasteiger partial charge in [-0.05, 0) is 0 Å². The molecular formula is Al3O6Tb. The molecule has 0 aliphatic heterocycles. The Kier molecular flexibility index (Phi) is 103. The van der Waals surface area contributed by atoms with E-state index < -0.39 is 46.5 Å². The zero-order valence-electron chi connectivity index (χ0n) is 4.51. The van der Waals surface area contributed by atoms with Crippen LogP contribution in [0, 0.1) is 38.6 Å². The quantitative estimate of drug-likeness (QED) is 0.408. The molecule has 0 radical (unpaired) electrons. The molecule has 0 aliphatic carbocycles. The van der Waals surface area contributed by atoms with Crippen molar-refractivity contribution in [1.29, 1.82) is 0 Å². The summed E-state index contributed by atoms with van der Waals surface area (Å²) in [4.78, 5) is 0. The molecule has 0 aliphatic rings. The first kappa shape index (κ1) is 22.6. The number of hydrogen-bond acceptors (Lipinski definition) is 6. The van der Waals surface area contributed by atoms with Gasteiger partial charge in [0.05, 0.1) is 0 Å². The maximum atomic E-state index is 8.46. The maximum absolute atomic E-state index is 8.46. The third-order valence-electron chi connectivity index (χ3n) is 0. The SMILES string of the molecule is [O]=[Al][O-].[O]=[Al][O-].[O]=[Al][O-].[Tb+3]. The predicted molar refractivity (Wildman–Crippen MR) is 19.3 cm³/mol. The fraction of sp³-hybridized carbons (Fsp3) is 0. The Labute approximate surface area is 107 Å². The Hall–Kier alpha value is 1.68. The van der Waals surface area contributed by atoms with Crippen LogP contribution in [-0.2, 0) is 11.4 Å². The van der Waals surface area contributed by atoms with E-state index in [-0.39, 0.29) is 38.6 Å². The van der Waals surface area contributed by atoms with Gasteiger partial charge >= 0.3 is 109 Å². The number of rotatable bonds is 0. The fourth-order valence-electron chi connectivity index (χ4n) is 0. The molecule has 0 rings (SSSR count). The molecule has 0 saturated carbocycles. The maximum Gasteiger partial charge on any atom is 3.00 e. The van der Waals surface area contributed by atoms with Gasteiger partial charge in [-0.15, -0.1) is 0 Å². The normalized spacial score (nSPS) is 2.40. The molecule has 0 heterocycles. The summed E-state index contributed by atoms with van der Waals surface area (Å²) in [7, 11) is 0. The van der Waals surface area contributed by atoms with Crippen LogP contribution in [0.15, 0.2) is 0 Å². The molecule has 10 heteroatoms. The van der Waals surface area contributed by atoms with Crippen molar-refractivity contribution in [1.82, 2.24) is 0 Å². The van der Waals surface area contributed by atoms with Crippen LogP contribution >= 0.6 is 0 Å². The van der Waals surface area contributed by atoms with E-state index in [1.807, 2.05) is 0 Å². The molecule has 6 nitrogen and oxygen atoms in total. The van der Waals surface area contributed by atoms with Gasteiger partial charge in [-0.2, -0.15) is 0 Å². The molecule has 0 atom stereocenters. The Morgan fingerprint density at radius 3 is 0.700 bits per heavy atom. The van der Waals surface area contributed by atoms with Crippen LogP contribution in [0.2, 0.25) is 0 Å². The minimum absolute atomic E-state index is 0. The molecule has 10 heavy (non-hydrogen) atoms. The second kappa shape index (κ2) is 45.7. The van der Waals surface area contributed by atoms with E-state index in [0.717, 1.165) is 0 Å². The fourth-order valence-corrected chi connectivity index (χ4v) is 0. The topological polar surface area (TPSA) is 120 Å². The zero-order valence-corrected chi connectivity index (χ0v) is 10.1. The van der Waals surface area contributed by atoms with E-state index in [0.29, 0.717) is 0 Å². The van der Waals surface area contributed by atoms with Gasteiger partial charge in [0.1, 0.15) is 0 Å². The molecule has 0 N–H and O–H groups in total. The molecule has 0 unspecified atom stereocenters. The summed E-state index contributed by atoms with van der Waals surface area (Å²) in [6.07, 6.45) is 0. The van der Waals surface area contributed by atoms with Gasteiger partial charge in [0.25, 0.3) is 0 Å². The Balaban J connectivity index is -0.0000000257. The van der Waals surface area contributed by atoms with Crippen molar-refractivity contribution in [2.24, 2.45) is 0 Å². The Morgan fingerprint density at radius 2 is 0.700 bits per heavy atom. The van der Waals surface area contributed by atoms with Gasteiger partial charge in [-0.3, -0.25) is 0 Å². The van der Waals surface area contributed by atoms with Crippen LogP contribution < -0.4 is 12.5 Å². The van der Waals surface area contributed by atoms with Crippen molar-refractivity contribution >= 4 is 46.5 Å². The van der Waals surface area contributed by atoms with E-state index >= 15 is 0 Å². The van der Waals surface area contributed by atoms with Crippen LogP contribution in [0.4, 0.5) is 0 Å². The molecule has 0 aromatic carbocycles. The van der Waals surface area contributed by atoms with Crippen LogP contribution in [-0.4, -0.2) is 46.5 Å². The van der Waals surface area contributed by atoms with Crippen molar-refractivity contribution in [2.75, 3.05) is 0 Å². The molecule has 0 fully saturated rings. The third kappa shape index (κ3) is 258. The first-order chi connectivity index (χ1) is 4.24. The summed E-state index contributed by atoms with van der Waals surface area (Å²) >= 11 is -5.25. The number of hydrogen-bond donors (Lipinski definition) is 0. The van der Waals surface area contributed by atoms with Crippen molar-refractivity contribution in [3.8, 4) is 0 Å². The van der Waals surface area contributed by atoms with Crippen molar-refractivity contribution in [2.45, 2.75) is 0 Å². The van der Waals surface area contributed by atoms with Crippen molar-refractivity contribution < 1.29 is 62.5 Å². The molecule has 0 bridgehead atoms. The monoisotopic (exact) mass is 336 g/mol. The summed E-state index contributed by atoms with van der Waals surface area (Å²) in [6, 6.07) is 0. The smallest absolute Gasteiger partial charge is 3.00 e. The minimum Gasteiger partial charge on any atom is 3.00 e. The zero-order chi connectivity index (χ0) is 8.12. The average molecular weight is 336 g/mol. The van der Waals surface area contributed by atoms with E-state index in [1.54, 1.807) is 0 Å². The Bertz CT molecular complexity index is 49.7. The molecule has 0 saturated heterocycles. The van der Waals surface area contributed by atoms with Crippen LogP contribution in [0.25, 0.3) is 0 Å². The second-order valence-corrected chi connectivity index (χ2v) is 0.866. The first-order valence-electron chi connectivity index (χ1n) is 1.41. The Morgan fingerprint density at radius 1 is 0.700 bits per heavy atom. The summed E-state index contributed by atoms with van der Waals surface area (Å²) in [5.41, 5.74) is 0. The average Bonchev–Trinajstić information content (AvgIpc) is 1.70. The molecule has 0 aromatic rings. The summed E-state index contributed by atoms with van der Waals surface area (Å²) in [6.45, 7) is 0. The van der Waals surface area contributed by atoms with Crippen molar-refractivity contribution in [3.63, 3.8) is 0 Å². The standard InChI is InChI=1S/3Al.6O.Tb/q;;;;;;3*-1;+3. The van der Waals surface area contributed by atoms with Crippen LogP contribution in [0.5, 0.6) is 0 Å². The molecule has 0 aromatic heterocycles. The largest absolute Gasteiger partial charge is 3.00 e. The van der Waals surface area contributed by atoms with Crippen LogP contribution in [0.3, 0.4) is 0 Å². The summed E-state index contributed by atoms with van der Waals surface area (Å²) < 4.78 is 50.8. The van der Waals surface area contributed by atoms with E-state index in [4.69, 9.17) is 23.9 Å². The molecule has 54 valence electrons. The van der Waals surface area contributed by atoms with E-state index in [1.165, 1.54) is 0 Å². The van der Waals surface area contributed by atoms with Gasteiger partial charge in [0.15, 0.2) is 0 Å². The first-order valence-corrected chi connectivity index (χ1v) is 4.24. The third-order valence-corrected chi connectivity index (χ3v) is 0. The predicted octanol–water partition coefficient (Wildman–Crippen LogP) is -5.07. The van der Waals surface area contributed by atoms with Crippen molar-refractivity contribution in [3.05, 3.63) is 0 Å². The van der Waals surface area contributed by atoms with Crippen LogP contribution in [0.1, 0.15) is 0 Å². The van der Waals surface area contributed by atoms with E-state index in [9.17, 15) is 0 Å². The van der Waals surface area contributed by atoms with Gasteiger partial charge in [-0.25, -0.2) is 0 Å². The van der Waals surface area contributed by atoms with E-state index in [2.05, 4.69) is 0 Å². The minimum atomic E-state index is -1.75. The molecular weight excluding hydrogens is 336 g/mol. The van der Waals surface area contributed by atoms with Gasteiger partial charge < -0.3 is 0 Å². The molecule has 0 spiro atoms. The van der Waals surface area contributed by atoms with Gasteiger partial charge in [-0.1, -0.05) is 0 Å². The molecule has 0 amide bonds. The summed E-state index contributed by atoms with van der Waals surface area (Å²) in [5.74, 6) is 0. The van der Waals surface area contributed by atoms with Gasteiger partial charge in [0, 0.05) is 0 Å². The second-order valence-electron chi connectivity index (χ2n) is 0.289. The summed E-state index contributed by atoms with van der Waals surface area (Å²) in [5, 5.41) is 0. The van der Waals surface area contributed by atoms with Gasteiger partial charge in [0.2, 0.25) is 0 Å².